The van der Waals surface area contributed by atoms with Crippen LogP contribution in [0.3, 0.4) is 0 Å². The molecule has 142 valence electrons. The van der Waals surface area contributed by atoms with Crippen molar-refractivity contribution in [2.45, 2.75) is 13.0 Å². The van der Waals surface area contributed by atoms with Crippen molar-refractivity contribution in [2.24, 2.45) is 5.73 Å². The lowest BCUT2D eigenvalue weighted by Gasteiger charge is -2.14. The van der Waals surface area contributed by atoms with E-state index in [2.05, 4.69) is 21.2 Å². The van der Waals surface area contributed by atoms with Crippen LogP contribution in [0.5, 0.6) is 5.75 Å². The van der Waals surface area contributed by atoms with Gasteiger partial charge in [-0.15, -0.1) is 0 Å². The fourth-order valence-electron chi connectivity index (χ4n) is 3.13. The van der Waals surface area contributed by atoms with Gasteiger partial charge in [-0.2, -0.15) is 5.10 Å². The lowest BCUT2D eigenvalue weighted by Crippen LogP contribution is -2.31. The number of hydrogen-bond acceptors (Lipinski definition) is 5. The van der Waals surface area contributed by atoms with Gasteiger partial charge in [0.15, 0.2) is 0 Å². The predicted octanol–water partition coefficient (Wildman–Crippen LogP) is 3.30. The van der Waals surface area contributed by atoms with Crippen LogP contribution in [-0.2, 0) is 0 Å². The molecule has 0 bridgehead atoms. The van der Waals surface area contributed by atoms with E-state index in [1.54, 1.807) is 6.20 Å². The molecule has 0 radical (unpaired) electrons. The number of hydrogen-bond donors (Lipinski definition) is 3. The average molecular weight is 374 g/mol. The van der Waals surface area contributed by atoms with Crippen LogP contribution in [0.25, 0.3) is 33.3 Å². The number of pyridine rings is 1. The van der Waals surface area contributed by atoms with E-state index >= 15 is 0 Å². The van der Waals surface area contributed by atoms with E-state index in [0.717, 1.165) is 39.0 Å². The van der Waals surface area contributed by atoms with Crippen LogP contribution in [0.15, 0.2) is 60.8 Å². The Morgan fingerprint density at radius 3 is 2.71 bits per heavy atom. The molecule has 0 unspecified atom stereocenters. The molecule has 0 aliphatic rings. The number of fused-ring (bicyclic) bond motifs is 1. The SMILES string of the molecule is Cc1[nH]nc2ccc(-c3cc(OC[C@@H](N)CO)cnc3-c3ccccc3)cc12. The number of aryl methyl sites for hydroxylation is 1. The molecule has 0 aliphatic carbocycles. The molecule has 0 amide bonds. The highest BCUT2D eigenvalue weighted by atomic mass is 16.5. The summed E-state index contributed by atoms with van der Waals surface area (Å²) in [5.41, 5.74) is 11.6. The standard InChI is InChI=1S/C22H22N4O2/c1-14-19-9-16(7-8-21(19)26-25-14)20-10-18(28-13-17(23)12-27)11-24-22(20)15-5-3-2-4-6-15/h2-11,17,27H,12-13,23H2,1H3,(H,25,26)/t17-/m0/s1. The van der Waals surface area contributed by atoms with Gasteiger partial charge >= 0.3 is 0 Å². The van der Waals surface area contributed by atoms with Crippen molar-refractivity contribution in [1.82, 2.24) is 15.2 Å². The number of aliphatic hydroxyl groups is 1. The van der Waals surface area contributed by atoms with E-state index in [-0.39, 0.29) is 13.2 Å². The second-order valence-corrected chi connectivity index (χ2v) is 6.77. The average Bonchev–Trinajstić information content (AvgIpc) is 3.12. The summed E-state index contributed by atoms with van der Waals surface area (Å²) in [5.74, 6) is 0.614. The van der Waals surface area contributed by atoms with Crippen LogP contribution in [0.2, 0.25) is 0 Å². The fraction of sp³-hybridized carbons (Fsp3) is 0.182. The predicted molar refractivity (Wildman–Crippen MR) is 110 cm³/mol. The van der Waals surface area contributed by atoms with Crippen molar-refractivity contribution in [2.75, 3.05) is 13.2 Å². The van der Waals surface area contributed by atoms with Gasteiger partial charge in [0.25, 0.3) is 0 Å². The quantitative estimate of drug-likeness (QED) is 0.481. The molecule has 4 N–H and O–H groups in total. The van der Waals surface area contributed by atoms with Crippen LogP contribution in [-0.4, -0.2) is 39.5 Å². The van der Waals surface area contributed by atoms with Crippen molar-refractivity contribution in [3.63, 3.8) is 0 Å². The van der Waals surface area contributed by atoms with Crippen LogP contribution in [0.1, 0.15) is 5.69 Å². The maximum atomic E-state index is 9.11. The molecule has 0 spiro atoms. The molecule has 0 aliphatic heterocycles. The smallest absolute Gasteiger partial charge is 0.138 e. The number of nitrogens with one attached hydrogen (secondary N) is 1. The van der Waals surface area contributed by atoms with Crippen molar-refractivity contribution < 1.29 is 9.84 Å². The third-order valence-electron chi connectivity index (χ3n) is 4.66. The van der Waals surface area contributed by atoms with Crippen LogP contribution >= 0.6 is 0 Å². The Labute approximate surface area is 163 Å². The van der Waals surface area contributed by atoms with Gasteiger partial charge in [0.1, 0.15) is 12.4 Å². The molecule has 0 saturated carbocycles. The lowest BCUT2D eigenvalue weighted by atomic mass is 9.98. The van der Waals surface area contributed by atoms with E-state index in [1.807, 2.05) is 55.5 Å². The Bertz CT molecular complexity index is 1090. The van der Waals surface area contributed by atoms with E-state index in [0.29, 0.717) is 5.75 Å². The Kier molecular flexibility index (Phi) is 5.06. The number of nitrogens with two attached hydrogens (primary N) is 1. The summed E-state index contributed by atoms with van der Waals surface area (Å²) in [4.78, 5) is 4.67. The minimum atomic E-state index is -0.429. The molecule has 4 aromatic rings. The van der Waals surface area contributed by atoms with Crippen LogP contribution < -0.4 is 10.5 Å². The minimum Gasteiger partial charge on any atom is -0.490 e. The highest BCUT2D eigenvalue weighted by Gasteiger charge is 2.13. The van der Waals surface area contributed by atoms with E-state index in [1.165, 1.54) is 0 Å². The lowest BCUT2D eigenvalue weighted by molar-refractivity contribution is 0.206. The first-order valence-electron chi connectivity index (χ1n) is 9.15. The summed E-state index contributed by atoms with van der Waals surface area (Å²) in [6, 6.07) is 17.7. The number of aromatic amines is 1. The number of rotatable bonds is 6. The molecule has 6 nitrogen and oxygen atoms in total. The fourth-order valence-corrected chi connectivity index (χ4v) is 3.13. The van der Waals surface area contributed by atoms with Gasteiger partial charge in [-0.25, -0.2) is 0 Å². The maximum absolute atomic E-state index is 9.11. The second-order valence-electron chi connectivity index (χ2n) is 6.77. The summed E-state index contributed by atoms with van der Waals surface area (Å²) in [6.07, 6.45) is 1.69. The Morgan fingerprint density at radius 1 is 1.11 bits per heavy atom. The second kappa shape index (κ2) is 7.80. The molecule has 0 fully saturated rings. The summed E-state index contributed by atoms with van der Waals surface area (Å²) in [6.45, 7) is 2.10. The molecule has 2 aromatic carbocycles. The summed E-state index contributed by atoms with van der Waals surface area (Å²) in [7, 11) is 0. The largest absolute Gasteiger partial charge is 0.490 e. The number of nitrogens with zero attached hydrogens (tertiary/aromatic N) is 2. The number of benzene rings is 2. The number of aromatic nitrogens is 3. The highest BCUT2D eigenvalue weighted by molar-refractivity contribution is 5.90. The third kappa shape index (κ3) is 3.60. The number of H-pyrrole nitrogens is 1. The van der Waals surface area contributed by atoms with Gasteiger partial charge in [-0.3, -0.25) is 10.1 Å². The zero-order valence-corrected chi connectivity index (χ0v) is 15.6. The first-order chi connectivity index (χ1) is 13.7. The van der Waals surface area contributed by atoms with Crippen molar-refractivity contribution >= 4 is 10.9 Å². The van der Waals surface area contributed by atoms with E-state index < -0.39 is 6.04 Å². The zero-order valence-electron chi connectivity index (χ0n) is 15.6. The molecular formula is C22H22N4O2. The molecular weight excluding hydrogens is 352 g/mol. The van der Waals surface area contributed by atoms with E-state index in [9.17, 15) is 0 Å². The van der Waals surface area contributed by atoms with Crippen LogP contribution in [0, 0.1) is 6.92 Å². The minimum absolute atomic E-state index is 0.126. The number of aliphatic hydroxyl groups excluding tert-OH is 1. The molecule has 0 saturated heterocycles. The molecule has 2 aromatic heterocycles. The Hall–Kier alpha value is -3.22. The maximum Gasteiger partial charge on any atom is 0.138 e. The molecule has 1 atom stereocenters. The van der Waals surface area contributed by atoms with Crippen molar-refractivity contribution in [1.29, 1.82) is 0 Å². The topological polar surface area (TPSA) is 97.0 Å². The zero-order chi connectivity index (χ0) is 19.5. The Balaban J connectivity index is 1.81. The van der Waals surface area contributed by atoms with Gasteiger partial charge in [0, 0.05) is 22.2 Å². The molecule has 28 heavy (non-hydrogen) atoms. The highest BCUT2D eigenvalue weighted by Crippen LogP contribution is 2.34. The van der Waals surface area contributed by atoms with Gasteiger partial charge in [-0.1, -0.05) is 36.4 Å². The molecule has 2 heterocycles. The van der Waals surface area contributed by atoms with Gasteiger partial charge in [0.05, 0.1) is 30.1 Å². The summed E-state index contributed by atoms with van der Waals surface area (Å²) in [5, 5.41) is 17.5. The third-order valence-corrected chi connectivity index (χ3v) is 4.66. The first kappa shape index (κ1) is 18.2. The normalized spacial score (nSPS) is 12.2. The van der Waals surface area contributed by atoms with Crippen molar-refractivity contribution in [3.05, 3.63) is 66.5 Å². The molecule has 6 heteroatoms. The summed E-state index contributed by atoms with van der Waals surface area (Å²) >= 11 is 0. The summed E-state index contributed by atoms with van der Waals surface area (Å²) < 4.78 is 5.74. The monoisotopic (exact) mass is 374 g/mol. The number of ether oxygens (including phenoxy) is 1. The van der Waals surface area contributed by atoms with E-state index in [4.69, 9.17) is 15.6 Å². The Morgan fingerprint density at radius 2 is 1.93 bits per heavy atom. The van der Waals surface area contributed by atoms with Gasteiger partial charge < -0.3 is 15.6 Å². The first-order valence-corrected chi connectivity index (χ1v) is 9.15. The van der Waals surface area contributed by atoms with Gasteiger partial charge in [0.2, 0.25) is 0 Å². The van der Waals surface area contributed by atoms with Crippen LogP contribution in [0.4, 0.5) is 0 Å². The van der Waals surface area contributed by atoms with Crippen molar-refractivity contribution in [3.8, 4) is 28.1 Å². The van der Waals surface area contributed by atoms with Gasteiger partial charge in [-0.05, 0) is 30.7 Å². The molecule has 4 rings (SSSR count).